The first-order chi connectivity index (χ1) is 15.4. The summed E-state index contributed by atoms with van der Waals surface area (Å²) in [5, 5.41) is 19.6. The predicted molar refractivity (Wildman–Crippen MR) is 119 cm³/mol. The van der Waals surface area contributed by atoms with Gasteiger partial charge in [-0.05, 0) is 37.3 Å². The molecule has 2 aromatic rings. The number of β-lactam (4-membered cyclic amide) rings is 1. The number of aliphatic hydroxyl groups is 1. The third-order valence-corrected chi connectivity index (χ3v) is 6.94. The van der Waals surface area contributed by atoms with E-state index in [0.29, 0.717) is 12.0 Å². The third-order valence-electron chi connectivity index (χ3n) is 6.94. The second-order valence-corrected chi connectivity index (χ2v) is 9.00. The molecule has 3 aliphatic heterocycles. The monoisotopic (exact) mass is 434 g/mol. The van der Waals surface area contributed by atoms with Crippen molar-refractivity contribution in [3.05, 3.63) is 65.6 Å². The smallest absolute Gasteiger partial charge is 0.352 e. The Balaban J connectivity index is 1.32. The molecule has 4 heterocycles. The molecule has 5 rings (SSSR count). The number of hydrogen-bond donors (Lipinski definition) is 2. The molecule has 2 saturated heterocycles. The van der Waals surface area contributed by atoms with Crippen molar-refractivity contribution in [2.45, 2.75) is 44.9 Å². The molecule has 1 amide bonds. The first-order valence-corrected chi connectivity index (χ1v) is 11.2. The first kappa shape index (κ1) is 20.7. The van der Waals surface area contributed by atoms with E-state index >= 15 is 0 Å². The van der Waals surface area contributed by atoms with Gasteiger partial charge in [0, 0.05) is 36.5 Å². The average Bonchev–Trinajstić information content (AvgIpc) is 3.41. The predicted octanol–water partition coefficient (Wildman–Crippen LogP) is 2.03. The molecule has 7 nitrogen and oxygen atoms in total. The summed E-state index contributed by atoms with van der Waals surface area (Å²) < 4.78 is 2.13. The normalized spacial score (nSPS) is 23.4. The molecule has 0 bridgehead atoms. The molecule has 0 aliphatic carbocycles. The van der Waals surface area contributed by atoms with Crippen LogP contribution in [0.15, 0.2) is 54.5 Å². The maximum absolute atomic E-state index is 12.4. The van der Waals surface area contributed by atoms with Crippen molar-refractivity contribution in [2.24, 2.45) is 5.92 Å². The van der Waals surface area contributed by atoms with Gasteiger partial charge in [-0.1, -0.05) is 24.3 Å². The van der Waals surface area contributed by atoms with Gasteiger partial charge in [-0.2, -0.15) is 0 Å². The number of fused-ring (bicyclic) bond motifs is 1. The lowest BCUT2D eigenvalue weighted by Gasteiger charge is -2.44. The summed E-state index contributed by atoms with van der Waals surface area (Å²) in [4.78, 5) is 28.1. The highest BCUT2D eigenvalue weighted by Crippen LogP contribution is 2.46. The lowest BCUT2D eigenvalue weighted by molar-refractivity contribution is -0.688. The van der Waals surface area contributed by atoms with E-state index < -0.39 is 18.0 Å². The summed E-state index contributed by atoms with van der Waals surface area (Å²) in [6, 6.07) is 11.9. The molecule has 0 spiro atoms. The minimum Gasteiger partial charge on any atom is -0.477 e. The van der Waals surface area contributed by atoms with E-state index in [4.69, 9.17) is 0 Å². The number of carbonyl (C=O) groups is 2. The van der Waals surface area contributed by atoms with Gasteiger partial charge in [0.25, 0.3) is 0 Å². The third kappa shape index (κ3) is 3.46. The summed E-state index contributed by atoms with van der Waals surface area (Å²) in [5.41, 5.74) is 3.90. The van der Waals surface area contributed by atoms with E-state index in [0.717, 1.165) is 30.8 Å². The molecule has 1 aromatic carbocycles. The highest BCUT2D eigenvalue weighted by molar-refractivity contribution is 6.06. The molecule has 166 valence electrons. The van der Waals surface area contributed by atoms with Crippen LogP contribution >= 0.6 is 0 Å². The topological polar surface area (TPSA) is 85.0 Å². The quantitative estimate of drug-likeness (QED) is 0.537. The molecule has 1 aromatic heterocycles. The van der Waals surface area contributed by atoms with Gasteiger partial charge in [-0.25, -0.2) is 9.36 Å². The average molecular weight is 435 g/mol. The van der Waals surface area contributed by atoms with Crippen LogP contribution in [-0.2, 0) is 16.1 Å². The van der Waals surface area contributed by atoms with Gasteiger partial charge in [-0.3, -0.25) is 4.79 Å². The van der Waals surface area contributed by atoms with E-state index in [1.54, 1.807) is 6.92 Å². The summed E-state index contributed by atoms with van der Waals surface area (Å²) in [6.45, 7) is 4.56. The van der Waals surface area contributed by atoms with Crippen molar-refractivity contribution in [3.8, 4) is 0 Å². The van der Waals surface area contributed by atoms with Crippen molar-refractivity contribution >= 4 is 23.1 Å². The number of hydrogen-bond acceptors (Lipinski definition) is 4. The Morgan fingerprint density at radius 1 is 1.12 bits per heavy atom. The van der Waals surface area contributed by atoms with Crippen LogP contribution in [0.3, 0.4) is 0 Å². The molecule has 32 heavy (non-hydrogen) atoms. The molecular formula is C25H28N3O4+. The minimum absolute atomic E-state index is 0.0523. The molecular weight excluding hydrogens is 406 g/mol. The molecule has 0 unspecified atom stereocenters. The molecule has 3 aliphatic rings. The number of carbonyl (C=O) groups excluding carboxylic acids is 1. The van der Waals surface area contributed by atoms with Gasteiger partial charge in [0.1, 0.15) is 5.70 Å². The number of carboxylic acid groups (broad SMARTS) is 1. The van der Waals surface area contributed by atoms with Crippen molar-refractivity contribution in [1.29, 1.82) is 0 Å². The largest absolute Gasteiger partial charge is 0.477 e. The molecule has 2 fully saturated rings. The van der Waals surface area contributed by atoms with Crippen LogP contribution < -0.4 is 9.47 Å². The Morgan fingerprint density at radius 2 is 1.78 bits per heavy atom. The van der Waals surface area contributed by atoms with Gasteiger partial charge in [0.15, 0.2) is 18.9 Å². The summed E-state index contributed by atoms with van der Waals surface area (Å²) in [7, 11) is 0. The zero-order valence-electron chi connectivity index (χ0n) is 18.1. The van der Waals surface area contributed by atoms with Gasteiger partial charge in [0.2, 0.25) is 5.91 Å². The Labute approximate surface area is 187 Å². The number of anilines is 1. The van der Waals surface area contributed by atoms with Crippen LogP contribution in [0.5, 0.6) is 0 Å². The maximum Gasteiger partial charge on any atom is 0.352 e. The van der Waals surface area contributed by atoms with Crippen LogP contribution in [0.25, 0.3) is 5.57 Å². The van der Waals surface area contributed by atoms with Crippen LogP contribution in [0, 0.1) is 5.92 Å². The molecule has 0 saturated carbocycles. The zero-order valence-corrected chi connectivity index (χ0v) is 18.1. The standard InChI is InChI=1S/C25H27N3O4/c1-16(29)22-21-14-20(23(25(31)32)28(21)24(22)30)18-6-4-17(5-7-18)15-26-12-8-19(9-13-26)27-10-2-3-11-27/h4-9,12-13,16,21-22,29H,2-3,10-11,14-15H2,1H3/p+1/t16-,21-,22-/m1/s1. The van der Waals surface area contributed by atoms with Crippen LogP contribution in [-0.4, -0.2) is 52.2 Å². The summed E-state index contributed by atoms with van der Waals surface area (Å²) in [5.74, 6) is -1.93. The van der Waals surface area contributed by atoms with E-state index in [9.17, 15) is 19.8 Å². The Hall–Kier alpha value is -3.19. The van der Waals surface area contributed by atoms with Crippen LogP contribution in [0.1, 0.15) is 37.3 Å². The Bertz CT molecular complexity index is 1070. The minimum atomic E-state index is -1.10. The van der Waals surface area contributed by atoms with Crippen molar-refractivity contribution in [3.63, 3.8) is 0 Å². The lowest BCUT2D eigenvalue weighted by Crippen LogP contribution is -2.61. The number of amides is 1. The second kappa shape index (κ2) is 8.06. The highest BCUT2D eigenvalue weighted by Gasteiger charge is 2.56. The number of aromatic nitrogens is 1. The number of aliphatic hydroxyl groups excluding tert-OH is 1. The van der Waals surface area contributed by atoms with Crippen molar-refractivity contribution in [1.82, 2.24) is 4.90 Å². The fourth-order valence-electron chi connectivity index (χ4n) is 5.29. The van der Waals surface area contributed by atoms with Gasteiger partial charge >= 0.3 is 5.97 Å². The molecule has 7 heteroatoms. The van der Waals surface area contributed by atoms with Crippen LogP contribution in [0.2, 0.25) is 0 Å². The van der Waals surface area contributed by atoms with E-state index in [2.05, 4.69) is 34.0 Å². The fraction of sp³-hybridized carbons (Fsp3) is 0.400. The number of pyridine rings is 1. The lowest BCUT2D eigenvalue weighted by atomic mass is 9.82. The van der Waals surface area contributed by atoms with Gasteiger partial charge in [0.05, 0.1) is 18.1 Å². The van der Waals surface area contributed by atoms with Gasteiger partial charge in [-0.15, -0.1) is 0 Å². The van der Waals surface area contributed by atoms with Crippen molar-refractivity contribution < 1.29 is 24.4 Å². The zero-order chi connectivity index (χ0) is 22.4. The maximum atomic E-state index is 12.4. The van der Waals surface area contributed by atoms with E-state index in [1.807, 2.05) is 24.3 Å². The van der Waals surface area contributed by atoms with Gasteiger partial charge < -0.3 is 20.0 Å². The fourth-order valence-corrected chi connectivity index (χ4v) is 5.29. The van der Waals surface area contributed by atoms with E-state index in [-0.39, 0.29) is 17.6 Å². The number of rotatable bonds is 6. The number of nitrogens with zero attached hydrogens (tertiary/aromatic N) is 3. The SMILES string of the molecule is C[C@@H](O)[C@H]1C(=O)N2C(C(=O)O)=C(c3ccc(C[n+]4ccc(N5CCCC5)cc4)cc3)C[C@H]12. The second-order valence-electron chi connectivity index (χ2n) is 9.00. The summed E-state index contributed by atoms with van der Waals surface area (Å²) in [6.07, 6.45) is 6.37. The van der Waals surface area contributed by atoms with Crippen molar-refractivity contribution in [2.75, 3.05) is 18.0 Å². The molecule has 0 radical (unpaired) electrons. The Morgan fingerprint density at radius 3 is 2.38 bits per heavy atom. The number of benzene rings is 1. The van der Waals surface area contributed by atoms with E-state index in [1.165, 1.54) is 23.4 Å². The number of carboxylic acids is 1. The highest BCUT2D eigenvalue weighted by atomic mass is 16.4. The molecule has 3 atom stereocenters. The molecule has 2 N–H and O–H groups in total. The summed E-state index contributed by atoms with van der Waals surface area (Å²) >= 11 is 0. The van der Waals surface area contributed by atoms with Crippen LogP contribution in [0.4, 0.5) is 5.69 Å². The Kier molecular flexibility index (Phi) is 5.21. The number of aliphatic carboxylic acids is 1. The first-order valence-electron chi connectivity index (χ1n) is 11.2.